The molecule has 23 heavy (non-hydrogen) atoms. The Morgan fingerprint density at radius 3 is 2.70 bits per heavy atom. The number of ether oxygens (including phenoxy) is 1. The summed E-state index contributed by atoms with van der Waals surface area (Å²) in [5, 5.41) is 11.7. The largest absolute Gasteiger partial charge is 0.440 e. The van der Waals surface area contributed by atoms with E-state index in [1.165, 1.54) is 4.88 Å². The van der Waals surface area contributed by atoms with Gasteiger partial charge in [0.2, 0.25) is 5.88 Å². The van der Waals surface area contributed by atoms with Gasteiger partial charge in [0.25, 0.3) is 0 Å². The fourth-order valence-corrected chi connectivity index (χ4v) is 4.09. The van der Waals surface area contributed by atoms with Crippen LogP contribution >= 0.6 is 11.3 Å². The fraction of sp³-hybridized carbons (Fsp3) is 0.105. The lowest BCUT2D eigenvalue weighted by Crippen LogP contribution is -2.20. The van der Waals surface area contributed by atoms with Crippen molar-refractivity contribution in [2.75, 3.05) is 0 Å². The average molecular weight is 318 g/mol. The van der Waals surface area contributed by atoms with E-state index in [1.54, 1.807) is 11.3 Å². The Morgan fingerprint density at radius 2 is 1.96 bits per heavy atom. The topological polar surface area (TPSA) is 59.0 Å². The van der Waals surface area contributed by atoms with Gasteiger partial charge in [-0.15, -0.1) is 11.3 Å². The van der Waals surface area contributed by atoms with Crippen LogP contribution in [0.25, 0.3) is 10.8 Å². The fourth-order valence-electron chi connectivity index (χ4n) is 3.09. The molecule has 4 heteroatoms. The van der Waals surface area contributed by atoms with Crippen molar-refractivity contribution in [3.05, 3.63) is 75.3 Å². The zero-order chi connectivity index (χ0) is 16.0. The summed E-state index contributed by atoms with van der Waals surface area (Å²) in [5.74, 6) is 0.801. The Balaban J connectivity index is 2.02. The monoisotopic (exact) mass is 318 g/mol. The molecule has 0 fully saturated rings. The molecule has 0 unspecified atom stereocenters. The van der Waals surface area contributed by atoms with E-state index in [9.17, 15) is 5.26 Å². The molecule has 0 amide bonds. The van der Waals surface area contributed by atoms with Crippen LogP contribution in [0, 0.1) is 18.3 Å². The number of rotatable bonds is 1. The second-order valence-electron chi connectivity index (χ2n) is 5.58. The highest BCUT2D eigenvalue weighted by Crippen LogP contribution is 2.46. The summed E-state index contributed by atoms with van der Waals surface area (Å²) in [6.07, 6.45) is 0. The standard InChI is InChI=1S/C19H14N2OS/c1-11-6-9-16(23-11)17-14-8-7-12-4-2-3-5-13(12)18(14)22-19(21)15(17)10-20/h2-9,17H,21H2,1H3/t17-/m0/s1. The Bertz CT molecular complexity index is 994. The number of fused-ring (bicyclic) bond motifs is 3. The Kier molecular flexibility index (Phi) is 3.10. The molecule has 0 radical (unpaired) electrons. The molecule has 1 aliphatic rings. The molecule has 2 aromatic carbocycles. The van der Waals surface area contributed by atoms with Crippen molar-refractivity contribution >= 4 is 22.1 Å². The van der Waals surface area contributed by atoms with Gasteiger partial charge in [-0.3, -0.25) is 0 Å². The predicted molar refractivity (Wildman–Crippen MR) is 92.3 cm³/mol. The maximum atomic E-state index is 9.58. The molecule has 3 aromatic rings. The highest BCUT2D eigenvalue weighted by atomic mass is 32.1. The summed E-state index contributed by atoms with van der Waals surface area (Å²) in [6, 6.07) is 18.5. The first-order valence-electron chi connectivity index (χ1n) is 7.34. The highest BCUT2D eigenvalue weighted by Gasteiger charge is 2.32. The Hall–Kier alpha value is -2.77. The van der Waals surface area contributed by atoms with Crippen LogP contribution < -0.4 is 10.5 Å². The first kappa shape index (κ1) is 13.9. The number of allylic oxidation sites excluding steroid dienone is 1. The first-order valence-corrected chi connectivity index (χ1v) is 8.16. The van der Waals surface area contributed by atoms with Crippen LogP contribution in [0.2, 0.25) is 0 Å². The summed E-state index contributed by atoms with van der Waals surface area (Å²) in [5.41, 5.74) is 7.55. The minimum atomic E-state index is -0.160. The third-order valence-electron chi connectivity index (χ3n) is 4.15. The quantitative estimate of drug-likeness (QED) is 0.722. The molecule has 0 spiro atoms. The van der Waals surface area contributed by atoms with Gasteiger partial charge in [0, 0.05) is 20.7 Å². The number of aryl methyl sites for hydroxylation is 1. The van der Waals surface area contributed by atoms with Gasteiger partial charge >= 0.3 is 0 Å². The molecule has 1 aliphatic heterocycles. The maximum Gasteiger partial charge on any atom is 0.205 e. The molecular weight excluding hydrogens is 304 g/mol. The Morgan fingerprint density at radius 1 is 1.13 bits per heavy atom. The molecule has 1 aromatic heterocycles. The number of thiophene rings is 1. The summed E-state index contributed by atoms with van der Waals surface area (Å²) >= 11 is 1.69. The molecule has 2 N–H and O–H groups in total. The van der Waals surface area contributed by atoms with Gasteiger partial charge in [0.15, 0.2) is 0 Å². The molecule has 0 bridgehead atoms. The lowest BCUT2D eigenvalue weighted by atomic mass is 9.86. The molecule has 3 nitrogen and oxygen atoms in total. The number of benzene rings is 2. The van der Waals surface area contributed by atoms with Gasteiger partial charge in [-0.1, -0.05) is 36.4 Å². The van der Waals surface area contributed by atoms with E-state index in [-0.39, 0.29) is 11.8 Å². The van der Waals surface area contributed by atoms with Crippen LogP contribution in [0.4, 0.5) is 0 Å². The molecule has 0 saturated carbocycles. The van der Waals surface area contributed by atoms with Crippen molar-refractivity contribution in [3.8, 4) is 11.8 Å². The van der Waals surface area contributed by atoms with Gasteiger partial charge in [-0.05, 0) is 24.4 Å². The van der Waals surface area contributed by atoms with Crippen molar-refractivity contribution in [1.82, 2.24) is 0 Å². The van der Waals surface area contributed by atoms with Crippen molar-refractivity contribution in [3.63, 3.8) is 0 Å². The zero-order valence-corrected chi connectivity index (χ0v) is 13.4. The SMILES string of the molecule is Cc1ccc([C@@H]2C(C#N)=C(N)Oc3c2ccc2ccccc32)s1. The summed E-state index contributed by atoms with van der Waals surface area (Å²) in [7, 11) is 0. The van der Waals surface area contributed by atoms with E-state index in [0.29, 0.717) is 5.57 Å². The lowest BCUT2D eigenvalue weighted by Gasteiger charge is -2.26. The average Bonchev–Trinajstić information content (AvgIpc) is 2.99. The van der Waals surface area contributed by atoms with E-state index in [1.807, 2.05) is 30.3 Å². The molecule has 0 saturated heterocycles. The molecular formula is C19H14N2OS. The van der Waals surface area contributed by atoms with Gasteiger partial charge in [0.1, 0.15) is 17.4 Å². The summed E-state index contributed by atoms with van der Waals surface area (Å²) < 4.78 is 5.85. The van der Waals surface area contributed by atoms with Crippen molar-refractivity contribution < 1.29 is 4.74 Å². The van der Waals surface area contributed by atoms with Crippen LogP contribution in [0.15, 0.2) is 60.0 Å². The molecule has 1 atom stereocenters. The maximum absolute atomic E-state index is 9.58. The van der Waals surface area contributed by atoms with E-state index in [2.05, 4.69) is 31.2 Å². The molecule has 112 valence electrons. The van der Waals surface area contributed by atoms with E-state index < -0.39 is 0 Å². The van der Waals surface area contributed by atoms with Crippen LogP contribution in [0.5, 0.6) is 5.75 Å². The van der Waals surface area contributed by atoms with Crippen LogP contribution in [0.1, 0.15) is 21.2 Å². The van der Waals surface area contributed by atoms with Gasteiger partial charge < -0.3 is 10.5 Å². The second kappa shape index (κ2) is 5.15. The third kappa shape index (κ3) is 2.09. The van der Waals surface area contributed by atoms with Crippen molar-refractivity contribution in [1.29, 1.82) is 5.26 Å². The van der Waals surface area contributed by atoms with Crippen LogP contribution in [-0.4, -0.2) is 0 Å². The van der Waals surface area contributed by atoms with Gasteiger partial charge in [-0.2, -0.15) is 5.26 Å². The van der Waals surface area contributed by atoms with Crippen molar-refractivity contribution in [2.24, 2.45) is 5.73 Å². The number of hydrogen-bond acceptors (Lipinski definition) is 4. The zero-order valence-electron chi connectivity index (χ0n) is 12.5. The number of hydrogen-bond donors (Lipinski definition) is 1. The molecule has 0 aliphatic carbocycles. The minimum absolute atomic E-state index is 0.160. The van der Waals surface area contributed by atoms with Gasteiger partial charge in [-0.25, -0.2) is 0 Å². The van der Waals surface area contributed by atoms with Crippen molar-refractivity contribution in [2.45, 2.75) is 12.8 Å². The molecule has 2 heterocycles. The van der Waals surface area contributed by atoms with Crippen LogP contribution in [-0.2, 0) is 0 Å². The second-order valence-corrected chi connectivity index (χ2v) is 6.90. The normalized spacial score (nSPS) is 16.8. The smallest absolute Gasteiger partial charge is 0.205 e. The number of nitrogens with zero attached hydrogens (tertiary/aromatic N) is 1. The number of nitrogens with two attached hydrogens (primary N) is 1. The minimum Gasteiger partial charge on any atom is -0.440 e. The predicted octanol–water partition coefficient (Wildman–Crippen LogP) is 4.43. The lowest BCUT2D eigenvalue weighted by molar-refractivity contribution is 0.399. The van der Waals surface area contributed by atoms with E-state index in [4.69, 9.17) is 10.5 Å². The Labute approximate surface area is 138 Å². The summed E-state index contributed by atoms with van der Waals surface area (Å²) in [4.78, 5) is 2.33. The first-order chi connectivity index (χ1) is 11.2. The third-order valence-corrected chi connectivity index (χ3v) is 5.22. The van der Waals surface area contributed by atoms with Gasteiger partial charge in [0.05, 0.1) is 5.92 Å². The summed E-state index contributed by atoms with van der Waals surface area (Å²) in [6.45, 7) is 2.06. The van der Waals surface area contributed by atoms with Crippen LogP contribution in [0.3, 0.4) is 0 Å². The number of nitriles is 1. The van der Waals surface area contributed by atoms with E-state index >= 15 is 0 Å². The highest BCUT2D eigenvalue weighted by molar-refractivity contribution is 7.12. The molecule has 4 rings (SSSR count). The van der Waals surface area contributed by atoms with E-state index in [0.717, 1.165) is 27.0 Å².